The number of benzene rings is 1. The Balaban J connectivity index is 2.85. The highest BCUT2D eigenvalue weighted by Crippen LogP contribution is 2.15. The highest BCUT2D eigenvalue weighted by atomic mass is 16.3. The number of hydrogen-bond acceptors (Lipinski definition) is 2. The summed E-state index contributed by atoms with van der Waals surface area (Å²) in [5.41, 5.74) is 1.77. The van der Waals surface area contributed by atoms with Gasteiger partial charge in [0.2, 0.25) is 0 Å². The molecule has 1 aromatic rings. The molecule has 2 N–H and O–H groups in total. The van der Waals surface area contributed by atoms with E-state index in [1.54, 1.807) is 25.1 Å². The average Bonchev–Trinajstić information content (AvgIpc) is 2.18. The van der Waals surface area contributed by atoms with E-state index in [2.05, 4.69) is 11.9 Å². The number of hydrogen-bond donors (Lipinski definition) is 2. The molecule has 0 spiro atoms. The second kappa shape index (κ2) is 4.58. The molecule has 1 amide bonds. The third-order valence-electron chi connectivity index (χ3n) is 1.82. The van der Waals surface area contributed by atoms with Gasteiger partial charge in [-0.15, -0.1) is 0 Å². The fourth-order valence-corrected chi connectivity index (χ4v) is 1.01. The molecule has 0 heterocycles. The van der Waals surface area contributed by atoms with E-state index in [4.69, 9.17) is 5.11 Å². The number of aliphatic hydroxyl groups excluding tert-OH is 1. The third-order valence-corrected chi connectivity index (χ3v) is 1.82. The van der Waals surface area contributed by atoms with Crippen LogP contribution in [0.4, 0.5) is 5.69 Å². The van der Waals surface area contributed by atoms with Gasteiger partial charge in [-0.1, -0.05) is 24.8 Å². The van der Waals surface area contributed by atoms with Crippen LogP contribution in [0.5, 0.6) is 0 Å². The number of carbonyl (C=O) groups excluding carboxylic acids is 1. The molecule has 0 aliphatic carbocycles. The minimum absolute atomic E-state index is 0.0906. The Labute approximate surface area is 83.1 Å². The average molecular weight is 191 g/mol. The number of carbonyl (C=O) groups is 1. The lowest BCUT2D eigenvalue weighted by molar-refractivity contribution is -0.112. The van der Waals surface area contributed by atoms with Gasteiger partial charge in [0.05, 0.1) is 6.61 Å². The molecule has 1 rings (SSSR count). The molecule has 3 nitrogen and oxygen atoms in total. The maximum Gasteiger partial charge on any atom is 0.250 e. The maximum atomic E-state index is 11.3. The van der Waals surface area contributed by atoms with Gasteiger partial charge in [0.25, 0.3) is 5.91 Å². The summed E-state index contributed by atoms with van der Waals surface area (Å²) in [5, 5.41) is 11.7. The van der Waals surface area contributed by atoms with Gasteiger partial charge in [-0.05, 0) is 13.0 Å². The highest BCUT2D eigenvalue weighted by molar-refractivity contribution is 6.03. The van der Waals surface area contributed by atoms with E-state index < -0.39 is 0 Å². The van der Waals surface area contributed by atoms with Crippen LogP contribution in [0.2, 0.25) is 0 Å². The highest BCUT2D eigenvalue weighted by Gasteiger charge is 2.05. The minimum atomic E-state index is -0.231. The summed E-state index contributed by atoms with van der Waals surface area (Å²) in [4.78, 5) is 11.3. The van der Waals surface area contributed by atoms with Crippen molar-refractivity contribution >= 4 is 11.6 Å². The van der Waals surface area contributed by atoms with Gasteiger partial charge in [-0.2, -0.15) is 0 Å². The van der Waals surface area contributed by atoms with Crippen molar-refractivity contribution in [2.24, 2.45) is 0 Å². The van der Waals surface area contributed by atoms with Crippen LogP contribution in [0.3, 0.4) is 0 Å². The van der Waals surface area contributed by atoms with Crippen molar-refractivity contribution in [3.05, 3.63) is 42.0 Å². The molecule has 0 aliphatic rings. The Morgan fingerprint density at radius 3 is 2.71 bits per heavy atom. The number of aliphatic hydroxyl groups is 1. The van der Waals surface area contributed by atoms with Crippen LogP contribution in [0.15, 0.2) is 36.4 Å². The van der Waals surface area contributed by atoms with Crippen LogP contribution < -0.4 is 5.32 Å². The van der Waals surface area contributed by atoms with E-state index in [-0.39, 0.29) is 12.5 Å². The molecule has 0 fully saturated rings. The van der Waals surface area contributed by atoms with E-state index in [9.17, 15) is 4.79 Å². The first-order valence-corrected chi connectivity index (χ1v) is 4.30. The first kappa shape index (κ1) is 10.5. The van der Waals surface area contributed by atoms with E-state index >= 15 is 0 Å². The predicted octanol–water partition coefficient (Wildman–Crippen LogP) is 1.69. The molecule has 0 aliphatic heterocycles. The zero-order valence-electron chi connectivity index (χ0n) is 8.08. The van der Waals surface area contributed by atoms with Crippen LogP contribution >= 0.6 is 0 Å². The number of para-hydroxylation sites is 1. The van der Waals surface area contributed by atoms with Crippen molar-refractivity contribution < 1.29 is 9.90 Å². The fourth-order valence-electron chi connectivity index (χ4n) is 1.01. The monoisotopic (exact) mass is 191 g/mol. The van der Waals surface area contributed by atoms with Crippen LogP contribution in [-0.2, 0) is 11.4 Å². The zero-order chi connectivity index (χ0) is 10.6. The molecule has 1 aromatic carbocycles. The van der Waals surface area contributed by atoms with E-state index in [1.165, 1.54) is 0 Å². The summed E-state index contributed by atoms with van der Waals surface area (Å²) in [7, 11) is 0. The summed E-state index contributed by atoms with van der Waals surface area (Å²) in [5.74, 6) is -0.231. The molecule has 0 unspecified atom stereocenters. The lowest BCUT2D eigenvalue weighted by Gasteiger charge is -2.08. The number of anilines is 1. The summed E-state index contributed by atoms with van der Waals surface area (Å²) in [6.45, 7) is 5.08. The first-order chi connectivity index (χ1) is 6.65. The smallest absolute Gasteiger partial charge is 0.250 e. The Morgan fingerprint density at radius 1 is 1.50 bits per heavy atom. The fraction of sp³-hybridized carbons (Fsp3) is 0.182. The summed E-state index contributed by atoms with van der Waals surface area (Å²) < 4.78 is 0. The van der Waals surface area contributed by atoms with Gasteiger partial charge >= 0.3 is 0 Å². The quantitative estimate of drug-likeness (QED) is 0.714. The SMILES string of the molecule is C=C(C)C(=O)Nc1ccccc1CO. The molecule has 0 atom stereocenters. The third kappa shape index (κ3) is 2.44. The van der Waals surface area contributed by atoms with Crippen molar-refractivity contribution in [3.8, 4) is 0 Å². The molecule has 74 valence electrons. The molecule has 0 aromatic heterocycles. The van der Waals surface area contributed by atoms with Crippen molar-refractivity contribution in [1.29, 1.82) is 0 Å². The van der Waals surface area contributed by atoms with Crippen LogP contribution in [0.1, 0.15) is 12.5 Å². The zero-order valence-corrected chi connectivity index (χ0v) is 8.08. The number of amides is 1. The lowest BCUT2D eigenvalue weighted by Crippen LogP contribution is -2.13. The predicted molar refractivity (Wildman–Crippen MR) is 55.8 cm³/mol. The van der Waals surface area contributed by atoms with Crippen molar-refractivity contribution in [2.45, 2.75) is 13.5 Å². The van der Waals surface area contributed by atoms with Crippen molar-refractivity contribution in [1.82, 2.24) is 0 Å². The molecule has 3 heteroatoms. The molecule has 0 radical (unpaired) electrons. The molecule has 0 saturated heterocycles. The Kier molecular flexibility index (Phi) is 3.42. The molecular formula is C11H13NO2. The molecule has 14 heavy (non-hydrogen) atoms. The number of nitrogens with one attached hydrogen (secondary N) is 1. The largest absolute Gasteiger partial charge is 0.392 e. The summed E-state index contributed by atoms with van der Waals surface area (Å²) in [6.07, 6.45) is 0. The van der Waals surface area contributed by atoms with Gasteiger partial charge in [-0.3, -0.25) is 4.79 Å². The topological polar surface area (TPSA) is 49.3 Å². The van der Waals surface area contributed by atoms with Crippen molar-refractivity contribution in [3.63, 3.8) is 0 Å². The first-order valence-electron chi connectivity index (χ1n) is 4.30. The molecule has 0 saturated carbocycles. The summed E-state index contributed by atoms with van der Waals surface area (Å²) in [6, 6.07) is 7.11. The van der Waals surface area contributed by atoms with Gasteiger partial charge < -0.3 is 10.4 Å². The Hall–Kier alpha value is -1.61. The van der Waals surface area contributed by atoms with Gasteiger partial charge in [-0.25, -0.2) is 0 Å². The second-order valence-electron chi connectivity index (χ2n) is 3.05. The second-order valence-corrected chi connectivity index (χ2v) is 3.05. The standard InChI is InChI=1S/C11H13NO2/c1-8(2)11(14)12-10-6-4-3-5-9(10)7-13/h3-6,13H,1,7H2,2H3,(H,12,14). The van der Waals surface area contributed by atoms with E-state index in [0.29, 0.717) is 16.8 Å². The minimum Gasteiger partial charge on any atom is -0.392 e. The molecule has 0 bridgehead atoms. The Bertz CT molecular complexity index is 358. The van der Waals surface area contributed by atoms with E-state index in [1.807, 2.05) is 6.07 Å². The van der Waals surface area contributed by atoms with E-state index in [0.717, 1.165) is 0 Å². The molecular weight excluding hydrogens is 178 g/mol. The summed E-state index contributed by atoms with van der Waals surface area (Å²) >= 11 is 0. The normalized spacial score (nSPS) is 9.57. The lowest BCUT2D eigenvalue weighted by atomic mass is 10.2. The van der Waals surface area contributed by atoms with Gasteiger partial charge in [0, 0.05) is 16.8 Å². The van der Waals surface area contributed by atoms with Crippen LogP contribution in [0, 0.1) is 0 Å². The van der Waals surface area contributed by atoms with Crippen molar-refractivity contribution in [2.75, 3.05) is 5.32 Å². The van der Waals surface area contributed by atoms with Crippen LogP contribution in [-0.4, -0.2) is 11.0 Å². The van der Waals surface area contributed by atoms with Gasteiger partial charge in [0.15, 0.2) is 0 Å². The number of rotatable bonds is 3. The maximum absolute atomic E-state index is 11.3. The van der Waals surface area contributed by atoms with Crippen LogP contribution in [0.25, 0.3) is 0 Å². The Morgan fingerprint density at radius 2 is 2.14 bits per heavy atom. The van der Waals surface area contributed by atoms with Gasteiger partial charge in [0.1, 0.15) is 0 Å².